The maximum Gasteiger partial charge on any atom is 0.411 e. The molecule has 2 aromatic rings. The molecular weight excluding hydrogens is 419 g/mol. The minimum absolute atomic E-state index is 0.000770. The number of halogens is 2. The standard InChI is InChI=1S/C19H24ClFN4O3S/c1-19(2,3)28-18(26)24-9-11(21)8-13(24)17-22-16(14-4-5-15(20)29-14)23-25(17)12-6-7-27-10-12/h4-5,11-13H,6-10H2,1-3H3/t11-,12?,13+/m1/s1. The van der Waals surface area contributed by atoms with Gasteiger partial charge in [0.15, 0.2) is 11.6 Å². The van der Waals surface area contributed by atoms with Gasteiger partial charge in [-0.3, -0.25) is 4.90 Å². The van der Waals surface area contributed by atoms with Crippen LogP contribution in [0.3, 0.4) is 0 Å². The predicted molar refractivity (Wildman–Crippen MR) is 108 cm³/mol. The lowest BCUT2D eigenvalue weighted by atomic mass is 10.1. The average molecular weight is 443 g/mol. The molecule has 29 heavy (non-hydrogen) atoms. The van der Waals surface area contributed by atoms with Gasteiger partial charge in [-0.2, -0.15) is 0 Å². The van der Waals surface area contributed by atoms with E-state index in [0.29, 0.717) is 29.2 Å². The van der Waals surface area contributed by atoms with Crippen molar-refractivity contribution in [1.82, 2.24) is 19.7 Å². The van der Waals surface area contributed by atoms with E-state index in [2.05, 4.69) is 5.10 Å². The number of rotatable bonds is 3. The summed E-state index contributed by atoms with van der Waals surface area (Å²) in [4.78, 5) is 19.7. The third-order valence-corrected chi connectivity index (χ3v) is 6.11. The Morgan fingerprint density at radius 1 is 1.41 bits per heavy atom. The van der Waals surface area contributed by atoms with Crippen molar-refractivity contribution >= 4 is 29.0 Å². The smallest absolute Gasteiger partial charge is 0.411 e. The predicted octanol–water partition coefficient (Wildman–Crippen LogP) is 4.64. The van der Waals surface area contributed by atoms with Crippen molar-refractivity contribution in [2.45, 2.75) is 57.5 Å². The molecule has 1 amide bonds. The highest BCUT2D eigenvalue weighted by Gasteiger charge is 2.42. The van der Waals surface area contributed by atoms with Crippen LogP contribution in [0.5, 0.6) is 0 Å². The van der Waals surface area contributed by atoms with Gasteiger partial charge in [0, 0.05) is 13.0 Å². The van der Waals surface area contributed by atoms with Crippen molar-refractivity contribution in [3.05, 3.63) is 22.3 Å². The Hall–Kier alpha value is -1.71. The minimum Gasteiger partial charge on any atom is -0.444 e. The third kappa shape index (κ3) is 4.41. The van der Waals surface area contributed by atoms with Crippen molar-refractivity contribution in [2.75, 3.05) is 19.8 Å². The number of carbonyl (C=O) groups excluding carboxylic acids is 1. The molecular formula is C19H24ClFN4O3S. The normalized spacial score (nSPS) is 25.0. The van der Waals surface area contributed by atoms with Crippen LogP contribution < -0.4 is 0 Å². The van der Waals surface area contributed by atoms with E-state index in [1.807, 2.05) is 6.07 Å². The summed E-state index contributed by atoms with van der Waals surface area (Å²) >= 11 is 7.45. The molecule has 0 aromatic carbocycles. The molecule has 2 aliphatic rings. The Bertz CT molecular complexity index is 890. The molecule has 2 fully saturated rings. The molecule has 0 saturated carbocycles. The zero-order valence-electron chi connectivity index (χ0n) is 16.6. The second-order valence-corrected chi connectivity index (χ2v) is 10.1. The summed E-state index contributed by atoms with van der Waals surface area (Å²) in [5.41, 5.74) is -0.665. The largest absolute Gasteiger partial charge is 0.444 e. The monoisotopic (exact) mass is 442 g/mol. The molecule has 158 valence electrons. The molecule has 0 radical (unpaired) electrons. The maximum absolute atomic E-state index is 14.4. The molecule has 3 atom stereocenters. The summed E-state index contributed by atoms with van der Waals surface area (Å²) in [5, 5.41) is 4.69. The van der Waals surface area contributed by atoms with Crippen LogP contribution in [0.25, 0.3) is 10.7 Å². The Morgan fingerprint density at radius 2 is 2.21 bits per heavy atom. The molecule has 7 nitrogen and oxygen atoms in total. The number of ether oxygens (including phenoxy) is 2. The van der Waals surface area contributed by atoms with Crippen molar-refractivity contribution in [3.63, 3.8) is 0 Å². The van der Waals surface area contributed by atoms with E-state index in [1.165, 1.54) is 16.2 Å². The van der Waals surface area contributed by atoms with E-state index in [-0.39, 0.29) is 19.0 Å². The first-order valence-corrected chi connectivity index (χ1v) is 10.8. The second kappa shape index (κ2) is 7.85. The summed E-state index contributed by atoms with van der Waals surface area (Å²) in [7, 11) is 0. The van der Waals surface area contributed by atoms with Crippen LogP contribution >= 0.6 is 22.9 Å². The maximum atomic E-state index is 14.4. The van der Waals surface area contributed by atoms with Gasteiger partial charge in [0.25, 0.3) is 0 Å². The van der Waals surface area contributed by atoms with Gasteiger partial charge < -0.3 is 9.47 Å². The molecule has 0 bridgehead atoms. The van der Waals surface area contributed by atoms with Crippen LogP contribution in [0.2, 0.25) is 4.34 Å². The van der Waals surface area contributed by atoms with E-state index >= 15 is 0 Å². The van der Waals surface area contributed by atoms with Crippen molar-refractivity contribution in [1.29, 1.82) is 0 Å². The van der Waals surface area contributed by atoms with Crippen LogP contribution in [0.15, 0.2) is 12.1 Å². The lowest BCUT2D eigenvalue weighted by molar-refractivity contribution is 0.0206. The summed E-state index contributed by atoms with van der Waals surface area (Å²) in [6, 6.07) is 3.11. The number of nitrogens with zero attached hydrogens (tertiary/aromatic N) is 4. The van der Waals surface area contributed by atoms with Crippen molar-refractivity contribution < 1.29 is 18.7 Å². The Kier molecular flexibility index (Phi) is 5.56. The van der Waals surface area contributed by atoms with Crippen LogP contribution in [0.4, 0.5) is 9.18 Å². The summed E-state index contributed by atoms with van der Waals surface area (Å²) in [6.07, 6.45) is -0.729. The highest BCUT2D eigenvalue weighted by atomic mass is 35.5. The lowest BCUT2D eigenvalue weighted by Crippen LogP contribution is -2.38. The molecule has 0 N–H and O–H groups in total. The molecule has 10 heteroatoms. The molecule has 2 aliphatic heterocycles. The SMILES string of the molecule is CC(C)(C)OC(=O)N1C[C@H](F)C[C@H]1c1nc(-c2ccc(Cl)s2)nn1C1CCOC1. The first-order chi connectivity index (χ1) is 13.7. The molecule has 0 aliphatic carbocycles. The van der Waals surface area contributed by atoms with Crippen LogP contribution in [-0.4, -0.2) is 57.3 Å². The number of carbonyl (C=O) groups is 1. The van der Waals surface area contributed by atoms with Gasteiger partial charge in [0.05, 0.1) is 34.4 Å². The highest BCUT2D eigenvalue weighted by molar-refractivity contribution is 7.19. The zero-order valence-corrected chi connectivity index (χ0v) is 18.2. The molecule has 2 aromatic heterocycles. The van der Waals surface area contributed by atoms with Crippen LogP contribution in [-0.2, 0) is 9.47 Å². The molecule has 1 unspecified atom stereocenters. The first-order valence-electron chi connectivity index (χ1n) is 9.65. The summed E-state index contributed by atoms with van der Waals surface area (Å²) in [5.74, 6) is 1.08. The minimum atomic E-state index is -1.14. The van der Waals surface area contributed by atoms with Crippen LogP contribution in [0.1, 0.15) is 51.5 Å². The van der Waals surface area contributed by atoms with E-state index in [4.69, 9.17) is 26.1 Å². The molecule has 4 rings (SSSR count). The topological polar surface area (TPSA) is 69.5 Å². The molecule has 2 saturated heterocycles. The van der Waals surface area contributed by atoms with Gasteiger partial charge in [-0.1, -0.05) is 11.6 Å². The van der Waals surface area contributed by atoms with Gasteiger partial charge in [-0.05, 0) is 39.3 Å². The Labute approximate surface area is 177 Å². The van der Waals surface area contributed by atoms with Gasteiger partial charge in [0.2, 0.25) is 0 Å². The number of thiophene rings is 1. The fraction of sp³-hybridized carbons (Fsp3) is 0.632. The number of hydrogen-bond donors (Lipinski definition) is 0. The zero-order chi connectivity index (χ0) is 20.8. The molecule has 0 spiro atoms. The van der Waals surface area contributed by atoms with Crippen LogP contribution in [0, 0.1) is 0 Å². The van der Waals surface area contributed by atoms with Crippen molar-refractivity contribution in [3.8, 4) is 10.7 Å². The Balaban J connectivity index is 1.71. The second-order valence-electron chi connectivity index (χ2n) is 8.34. The number of alkyl halides is 1. The van der Waals surface area contributed by atoms with E-state index in [9.17, 15) is 9.18 Å². The van der Waals surface area contributed by atoms with E-state index in [0.717, 1.165) is 11.3 Å². The van der Waals surface area contributed by atoms with Crippen molar-refractivity contribution in [2.24, 2.45) is 0 Å². The van der Waals surface area contributed by atoms with Gasteiger partial charge >= 0.3 is 6.09 Å². The third-order valence-electron chi connectivity index (χ3n) is 4.88. The first kappa shape index (κ1) is 20.6. The number of likely N-dealkylation sites (tertiary alicyclic amines) is 1. The number of hydrogen-bond acceptors (Lipinski definition) is 6. The summed E-state index contributed by atoms with van der Waals surface area (Å²) < 4.78 is 27.9. The fourth-order valence-electron chi connectivity index (χ4n) is 3.64. The molecule has 4 heterocycles. The van der Waals surface area contributed by atoms with Gasteiger partial charge in [-0.25, -0.2) is 18.9 Å². The van der Waals surface area contributed by atoms with E-state index in [1.54, 1.807) is 31.5 Å². The highest BCUT2D eigenvalue weighted by Crippen LogP contribution is 2.38. The average Bonchev–Trinajstić information content (AvgIpc) is 3.38. The lowest BCUT2D eigenvalue weighted by Gasteiger charge is -2.28. The fourth-order valence-corrected chi connectivity index (χ4v) is 4.61. The quantitative estimate of drug-likeness (QED) is 0.692. The van der Waals surface area contributed by atoms with Gasteiger partial charge in [-0.15, -0.1) is 16.4 Å². The summed E-state index contributed by atoms with van der Waals surface area (Å²) in [6.45, 7) is 6.50. The number of aromatic nitrogens is 3. The Morgan fingerprint density at radius 3 is 2.83 bits per heavy atom. The van der Waals surface area contributed by atoms with Gasteiger partial charge in [0.1, 0.15) is 11.8 Å². The number of amides is 1. The van der Waals surface area contributed by atoms with E-state index < -0.39 is 23.9 Å².